The van der Waals surface area contributed by atoms with Crippen molar-refractivity contribution in [3.05, 3.63) is 82.4 Å². The Morgan fingerprint density at radius 2 is 1.91 bits per heavy atom. The first kappa shape index (κ1) is 29.9. The van der Waals surface area contributed by atoms with Crippen LogP contribution in [0.2, 0.25) is 24.7 Å². The Labute approximate surface area is 261 Å². The average molecular weight is 630 g/mol. The number of aliphatic hydroxyl groups excluding tert-OH is 1. The van der Waals surface area contributed by atoms with E-state index in [4.69, 9.17) is 21.6 Å². The fraction of sp³-hybridized carbons (Fsp3) is 0.355. The van der Waals surface area contributed by atoms with Crippen LogP contribution >= 0.6 is 11.6 Å². The van der Waals surface area contributed by atoms with E-state index in [1.165, 1.54) is 0 Å². The van der Waals surface area contributed by atoms with Crippen LogP contribution < -0.4 is 16.2 Å². The molecule has 6 rings (SSSR count). The van der Waals surface area contributed by atoms with Crippen molar-refractivity contribution in [3.8, 4) is 28.2 Å². The Balaban J connectivity index is 1.42. The number of hydrogen-bond donors (Lipinski definition) is 2. The van der Waals surface area contributed by atoms with E-state index in [-0.39, 0.29) is 17.5 Å². The molecule has 0 aliphatic carbocycles. The zero-order valence-electron chi connectivity index (χ0n) is 25.4. The Morgan fingerprint density at radius 3 is 2.66 bits per heavy atom. The van der Waals surface area contributed by atoms with Crippen LogP contribution in [0, 0.1) is 5.92 Å². The molecule has 11 nitrogen and oxygen atoms in total. The molecular weight excluding hydrogens is 594 g/mol. The molecule has 13 heteroatoms. The number of fused-ring (bicyclic) bond motifs is 4. The van der Waals surface area contributed by atoms with Gasteiger partial charge in [-0.15, -0.1) is 5.10 Å². The lowest BCUT2D eigenvalue weighted by Gasteiger charge is -2.25. The van der Waals surface area contributed by atoms with Gasteiger partial charge in [0.05, 0.1) is 52.3 Å². The molecule has 5 heterocycles. The summed E-state index contributed by atoms with van der Waals surface area (Å²) in [6, 6.07) is 10.5. The van der Waals surface area contributed by atoms with Gasteiger partial charge >= 0.3 is 0 Å². The van der Waals surface area contributed by atoms with Gasteiger partial charge in [0.2, 0.25) is 0 Å². The van der Waals surface area contributed by atoms with Crippen LogP contribution in [0.4, 0.5) is 5.69 Å². The molecule has 3 unspecified atom stereocenters. The smallest absolute Gasteiger partial charge is 0.254 e. The molecule has 0 amide bonds. The number of nitrogens with one attached hydrogen (secondary N) is 1. The maximum atomic E-state index is 13.8. The second kappa shape index (κ2) is 11.8. The highest BCUT2D eigenvalue weighted by molar-refractivity contribution is 6.88. The summed E-state index contributed by atoms with van der Waals surface area (Å²) < 4.78 is 5.15. The topological polar surface area (TPSA) is 129 Å². The van der Waals surface area contributed by atoms with Gasteiger partial charge in [0.25, 0.3) is 5.56 Å². The fourth-order valence-electron chi connectivity index (χ4n) is 5.62. The number of anilines is 1. The van der Waals surface area contributed by atoms with Crippen molar-refractivity contribution in [2.45, 2.75) is 58.1 Å². The number of aryl methyl sites for hydroxylation is 1. The summed E-state index contributed by atoms with van der Waals surface area (Å²) in [6.45, 7) is 8.66. The van der Waals surface area contributed by atoms with E-state index >= 15 is 0 Å². The number of rotatable bonds is 4. The van der Waals surface area contributed by atoms with Crippen molar-refractivity contribution in [1.29, 1.82) is 0 Å². The molecule has 0 saturated carbocycles. The molecule has 0 spiro atoms. The molecule has 2 bridgehead atoms. The van der Waals surface area contributed by atoms with Crippen LogP contribution in [-0.2, 0) is 7.05 Å². The normalized spacial score (nSPS) is 19.0. The van der Waals surface area contributed by atoms with Gasteiger partial charge in [0.1, 0.15) is 14.3 Å². The Kier molecular flexibility index (Phi) is 7.99. The molecule has 4 aromatic heterocycles. The molecule has 2 N–H and O–H groups in total. The molecule has 5 aromatic rings. The van der Waals surface area contributed by atoms with Crippen LogP contribution in [-0.4, -0.2) is 58.7 Å². The summed E-state index contributed by atoms with van der Waals surface area (Å²) in [5.41, 5.74) is 4.93. The Bertz CT molecular complexity index is 1880. The van der Waals surface area contributed by atoms with Gasteiger partial charge < -0.3 is 10.4 Å². The second-order valence-corrected chi connectivity index (χ2v) is 17.9. The van der Waals surface area contributed by atoms with Crippen molar-refractivity contribution in [2.24, 2.45) is 13.0 Å². The number of halogens is 1. The summed E-state index contributed by atoms with van der Waals surface area (Å²) in [7, 11) is 0.185. The zero-order chi connectivity index (χ0) is 31.2. The number of aromatic nitrogens is 8. The minimum Gasteiger partial charge on any atom is -0.374 e. The maximum Gasteiger partial charge on any atom is 0.254 e. The first-order valence-electron chi connectivity index (χ1n) is 14.7. The molecule has 0 radical (unpaired) electrons. The molecule has 1 aliphatic heterocycles. The number of pyridine rings is 1. The van der Waals surface area contributed by atoms with Crippen molar-refractivity contribution >= 4 is 30.7 Å². The standard InChI is InChI=1S/C31H36ClN9O2Si/c1-19-7-6-8-27(24-13-20(11-12-33-24)30-25(36-31(19)43)16-35-39(30)2)40-18-34-23(15-29(40)42)22-14-21(32)9-10-26(22)41-17-28(37-38-41)44(3,4)5/h9-19,27,31,36,43H,6-8H2,1-5H3. The highest BCUT2D eigenvalue weighted by Crippen LogP contribution is 2.33. The first-order valence-corrected chi connectivity index (χ1v) is 18.6. The lowest BCUT2D eigenvalue weighted by molar-refractivity contribution is 0.136. The van der Waals surface area contributed by atoms with Crippen molar-refractivity contribution in [1.82, 2.24) is 39.3 Å². The van der Waals surface area contributed by atoms with E-state index < -0.39 is 14.3 Å². The predicted octanol–water partition coefficient (Wildman–Crippen LogP) is 4.62. The van der Waals surface area contributed by atoms with Crippen LogP contribution in [0.1, 0.15) is 37.9 Å². The molecule has 3 atom stereocenters. The number of benzene rings is 1. The predicted molar refractivity (Wildman–Crippen MR) is 174 cm³/mol. The van der Waals surface area contributed by atoms with Crippen LogP contribution in [0.25, 0.3) is 28.2 Å². The molecule has 1 aromatic carbocycles. The lowest BCUT2D eigenvalue weighted by atomic mass is 9.96. The minimum absolute atomic E-state index is 0.0221. The quantitative estimate of drug-likeness (QED) is 0.276. The summed E-state index contributed by atoms with van der Waals surface area (Å²) in [6.07, 6.45) is 8.45. The van der Waals surface area contributed by atoms with Crippen LogP contribution in [0.5, 0.6) is 0 Å². The van der Waals surface area contributed by atoms with E-state index in [1.54, 1.807) is 50.9 Å². The molecule has 0 saturated heterocycles. The van der Waals surface area contributed by atoms with E-state index in [9.17, 15) is 9.90 Å². The maximum absolute atomic E-state index is 13.8. The molecule has 1 aliphatic rings. The molecule has 0 fully saturated rings. The van der Waals surface area contributed by atoms with E-state index in [0.717, 1.165) is 46.5 Å². The lowest BCUT2D eigenvalue weighted by Crippen LogP contribution is -2.38. The van der Waals surface area contributed by atoms with Gasteiger partial charge in [-0.05, 0) is 43.2 Å². The number of aliphatic hydroxyl groups is 1. The van der Waals surface area contributed by atoms with Gasteiger partial charge in [0.15, 0.2) is 0 Å². The number of nitrogens with zero attached hydrogens (tertiary/aromatic N) is 8. The van der Waals surface area contributed by atoms with Gasteiger partial charge in [-0.1, -0.05) is 49.8 Å². The molecular formula is C31H36ClN9O2Si. The molecule has 228 valence electrons. The third-order valence-corrected chi connectivity index (χ3v) is 10.2. The summed E-state index contributed by atoms with van der Waals surface area (Å²) in [5.74, 6) is -0.0221. The highest BCUT2D eigenvalue weighted by Gasteiger charge is 2.25. The SMILES string of the molecule is CC1CCCC(n2cnc(-c3cc(Cl)ccc3-n3cc([Si](C)(C)C)nn3)cc2=O)c2cc(ccn2)-c2c(cnn2C)NC1O. The Morgan fingerprint density at radius 1 is 1.09 bits per heavy atom. The van der Waals surface area contributed by atoms with Crippen molar-refractivity contribution in [3.63, 3.8) is 0 Å². The van der Waals surface area contributed by atoms with E-state index in [0.29, 0.717) is 22.7 Å². The van der Waals surface area contributed by atoms with Crippen molar-refractivity contribution < 1.29 is 5.11 Å². The van der Waals surface area contributed by atoms with Gasteiger partial charge in [-0.2, -0.15) is 5.10 Å². The third-order valence-electron chi connectivity index (χ3n) is 8.23. The average Bonchev–Trinajstić information content (AvgIpc) is 3.62. The van der Waals surface area contributed by atoms with Gasteiger partial charge in [-0.25, -0.2) is 9.67 Å². The highest BCUT2D eigenvalue weighted by atomic mass is 35.5. The van der Waals surface area contributed by atoms with Gasteiger partial charge in [0, 0.05) is 47.6 Å². The van der Waals surface area contributed by atoms with Gasteiger partial charge in [-0.3, -0.25) is 19.0 Å². The Hall–Kier alpha value is -4.13. The molecule has 44 heavy (non-hydrogen) atoms. The second-order valence-electron chi connectivity index (χ2n) is 12.5. The number of hydrogen-bond acceptors (Lipinski definition) is 8. The fourth-order valence-corrected chi connectivity index (χ4v) is 6.64. The monoisotopic (exact) mass is 629 g/mol. The summed E-state index contributed by atoms with van der Waals surface area (Å²) >= 11 is 6.42. The van der Waals surface area contributed by atoms with E-state index in [2.05, 4.69) is 40.4 Å². The van der Waals surface area contributed by atoms with E-state index in [1.807, 2.05) is 38.4 Å². The third kappa shape index (κ3) is 5.84. The largest absolute Gasteiger partial charge is 0.374 e. The first-order chi connectivity index (χ1) is 21.0. The van der Waals surface area contributed by atoms with Crippen LogP contribution in [0.15, 0.2) is 66.1 Å². The van der Waals surface area contributed by atoms with Crippen molar-refractivity contribution in [2.75, 3.05) is 5.32 Å². The zero-order valence-corrected chi connectivity index (χ0v) is 27.2. The summed E-state index contributed by atoms with van der Waals surface area (Å²) in [5, 5.41) is 28.8. The van der Waals surface area contributed by atoms with Crippen LogP contribution in [0.3, 0.4) is 0 Å². The minimum atomic E-state index is -1.68. The summed E-state index contributed by atoms with van der Waals surface area (Å²) in [4.78, 5) is 23.3.